The second-order valence-corrected chi connectivity index (χ2v) is 6.18. The molecule has 0 aromatic heterocycles. The number of aryl methyl sites for hydroxylation is 1. The van der Waals surface area contributed by atoms with Crippen molar-refractivity contribution in [2.24, 2.45) is 0 Å². The zero-order valence-electron chi connectivity index (χ0n) is 14.2. The van der Waals surface area contributed by atoms with E-state index in [2.05, 4.69) is 15.4 Å². The van der Waals surface area contributed by atoms with Crippen LogP contribution in [0.5, 0.6) is 0 Å². The molecule has 142 valence electrons. The van der Waals surface area contributed by atoms with Crippen molar-refractivity contribution in [3.05, 3.63) is 59.2 Å². The van der Waals surface area contributed by atoms with Gasteiger partial charge in [0.1, 0.15) is 6.61 Å². The molecule has 2 aromatic rings. The molecule has 1 aliphatic heterocycles. The van der Waals surface area contributed by atoms with Crippen molar-refractivity contribution >= 4 is 23.2 Å². The number of rotatable bonds is 5. The largest absolute Gasteiger partial charge is 0.411 e. The number of nitrogens with one attached hydrogen (secondary N) is 2. The van der Waals surface area contributed by atoms with E-state index in [0.717, 1.165) is 11.3 Å². The van der Waals surface area contributed by atoms with E-state index >= 15 is 0 Å². The van der Waals surface area contributed by atoms with Crippen LogP contribution in [0.15, 0.2) is 42.5 Å². The smallest absolute Gasteiger partial charge is 0.367 e. The van der Waals surface area contributed by atoms with E-state index in [9.17, 15) is 22.8 Å². The number of ether oxygens (including phenoxy) is 1. The van der Waals surface area contributed by atoms with Gasteiger partial charge in [0, 0.05) is 23.4 Å². The number of hydrogen-bond acceptors (Lipinski definition) is 3. The zero-order valence-corrected chi connectivity index (χ0v) is 14.2. The summed E-state index contributed by atoms with van der Waals surface area (Å²) in [7, 11) is 0. The van der Waals surface area contributed by atoms with Crippen LogP contribution in [0.1, 0.15) is 27.9 Å². The van der Waals surface area contributed by atoms with Gasteiger partial charge in [-0.1, -0.05) is 12.1 Å². The molecule has 0 aliphatic carbocycles. The second kappa shape index (κ2) is 7.79. The summed E-state index contributed by atoms with van der Waals surface area (Å²) < 4.78 is 40.8. The molecule has 0 unspecified atom stereocenters. The Hall–Kier alpha value is -2.87. The summed E-state index contributed by atoms with van der Waals surface area (Å²) in [5, 5.41) is 5.54. The summed E-state index contributed by atoms with van der Waals surface area (Å²) in [5.41, 5.74) is 3.21. The van der Waals surface area contributed by atoms with E-state index in [0.29, 0.717) is 29.7 Å². The highest BCUT2D eigenvalue weighted by Crippen LogP contribution is 2.26. The Labute approximate surface area is 153 Å². The predicted molar refractivity (Wildman–Crippen MR) is 93.5 cm³/mol. The first kappa shape index (κ1) is 18.9. The third-order valence-corrected chi connectivity index (χ3v) is 4.01. The number of carbonyl (C=O) groups is 2. The van der Waals surface area contributed by atoms with Crippen LogP contribution in [-0.2, 0) is 22.6 Å². The van der Waals surface area contributed by atoms with Gasteiger partial charge in [0.15, 0.2) is 0 Å². The van der Waals surface area contributed by atoms with Gasteiger partial charge >= 0.3 is 6.18 Å². The summed E-state index contributed by atoms with van der Waals surface area (Å²) in [6.07, 6.45) is -3.35. The summed E-state index contributed by atoms with van der Waals surface area (Å²) in [6, 6.07) is 11.4. The van der Waals surface area contributed by atoms with Crippen molar-refractivity contribution in [2.75, 3.05) is 17.2 Å². The lowest BCUT2D eigenvalue weighted by Crippen LogP contribution is -2.19. The SMILES string of the molecule is O=C1CCc2cc(NC(=O)c3ccc(COCC(F)(F)F)cc3)ccc2N1. The lowest BCUT2D eigenvalue weighted by Gasteiger charge is -2.17. The average Bonchev–Trinajstić information content (AvgIpc) is 2.61. The van der Waals surface area contributed by atoms with E-state index in [1.54, 1.807) is 24.3 Å². The first-order chi connectivity index (χ1) is 12.8. The molecule has 0 bridgehead atoms. The third-order valence-electron chi connectivity index (χ3n) is 4.01. The molecule has 2 amide bonds. The van der Waals surface area contributed by atoms with Gasteiger partial charge in [0.05, 0.1) is 6.61 Å². The molecule has 2 N–H and O–H groups in total. The molecular formula is C19H17F3N2O3. The van der Waals surface area contributed by atoms with Crippen LogP contribution in [0, 0.1) is 0 Å². The minimum absolute atomic E-state index is 0.0291. The highest BCUT2D eigenvalue weighted by atomic mass is 19.4. The molecule has 1 heterocycles. The Balaban J connectivity index is 1.59. The number of hydrogen-bond donors (Lipinski definition) is 2. The van der Waals surface area contributed by atoms with Crippen LogP contribution in [0.25, 0.3) is 0 Å². The van der Waals surface area contributed by atoms with Gasteiger partial charge in [-0.3, -0.25) is 9.59 Å². The van der Waals surface area contributed by atoms with Gasteiger partial charge < -0.3 is 15.4 Å². The van der Waals surface area contributed by atoms with Crippen LogP contribution < -0.4 is 10.6 Å². The van der Waals surface area contributed by atoms with Crippen LogP contribution in [0.2, 0.25) is 0 Å². The van der Waals surface area contributed by atoms with E-state index in [4.69, 9.17) is 0 Å². The lowest BCUT2D eigenvalue weighted by molar-refractivity contribution is -0.176. The summed E-state index contributed by atoms with van der Waals surface area (Å²) in [5.74, 6) is -0.365. The van der Waals surface area contributed by atoms with Gasteiger partial charge in [0.2, 0.25) is 5.91 Å². The number of carbonyl (C=O) groups excluding carboxylic acids is 2. The van der Waals surface area contributed by atoms with E-state index in [-0.39, 0.29) is 18.4 Å². The Morgan fingerprint density at radius 1 is 1.11 bits per heavy atom. The molecule has 0 saturated carbocycles. The fraction of sp³-hybridized carbons (Fsp3) is 0.263. The summed E-state index contributed by atoms with van der Waals surface area (Å²) >= 11 is 0. The number of alkyl halides is 3. The number of halogens is 3. The molecule has 0 fully saturated rings. The Kier molecular flexibility index (Phi) is 5.46. The maximum absolute atomic E-state index is 12.3. The molecule has 27 heavy (non-hydrogen) atoms. The zero-order chi connectivity index (χ0) is 19.4. The first-order valence-electron chi connectivity index (χ1n) is 8.28. The van der Waals surface area contributed by atoms with Crippen LogP contribution in [-0.4, -0.2) is 24.6 Å². The van der Waals surface area contributed by atoms with Crippen molar-refractivity contribution in [1.29, 1.82) is 0 Å². The van der Waals surface area contributed by atoms with E-state index in [1.807, 2.05) is 6.07 Å². The van der Waals surface area contributed by atoms with Crippen molar-refractivity contribution < 1.29 is 27.5 Å². The summed E-state index contributed by atoms with van der Waals surface area (Å²) in [4.78, 5) is 23.7. The number of amides is 2. The topological polar surface area (TPSA) is 67.4 Å². The Bertz CT molecular complexity index is 848. The second-order valence-electron chi connectivity index (χ2n) is 6.18. The lowest BCUT2D eigenvalue weighted by atomic mass is 10.0. The molecule has 0 spiro atoms. The van der Waals surface area contributed by atoms with Crippen molar-refractivity contribution in [1.82, 2.24) is 0 Å². The number of benzene rings is 2. The molecule has 8 heteroatoms. The molecule has 3 rings (SSSR count). The van der Waals surface area contributed by atoms with Crippen LogP contribution in [0.3, 0.4) is 0 Å². The normalized spacial score (nSPS) is 13.7. The molecule has 0 atom stereocenters. The molecule has 0 radical (unpaired) electrons. The molecule has 5 nitrogen and oxygen atoms in total. The van der Waals surface area contributed by atoms with E-state index in [1.165, 1.54) is 12.1 Å². The molecule has 2 aromatic carbocycles. The Morgan fingerprint density at radius 3 is 2.56 bits per heavy atom. The monoisotopic (exact) mass is 378 g/mol. The quantitative estimate of drug-likeness (QED) is 0.829. The van der Waals surface area contributed by atoms with Crippen LogP contribution in [0.4, 0.5) is 24.5 Å². The maximum atomic E-state index is 12.3. The number of anilines is 2. The molecule has 1 aliphatic rings. The minimum Gasteiger partial charge on any atom is -0.367 e. The summed E-state index contributed by atoms with van der Waals surface area (Å²) in [6.45, 7) is -1.49. The fourth-order valence-corrected chi connectivity index (χ4v) is 2.70. The van der Waals surface area contributed by atoms with Gasteiger partial charge in [-0.25, -0.2) is 0 Å². The highest BCUT2D eigenvalue weighted by molar-refractivity contribution is 6.04. The van der Waals surface area contributed by atoms with Gasteiger partial charge in [-0.15, -0.1) is 0 Å². The third kappa shape index (κ3) is 5.30. The maximum Gasteiger partial charge on any atom is 0.411 e. The average molecular weight is 378 g/mol. The fourth-order valence-electron chi connectivity index (χ4n) is 2.70. The van der Waals surface area contributed by atoms with Crippen molar-refractivity contribution in [3.8, 4) is 0 Å². The van der Waals surface area contributed by atoms with Crippen LogP contribution >= 0.6 is 0 Å². The van der Waals surface area contributed by atoms with Gasteiger partial charge in [0.25, 0.3) is 5.91 Å². The molecular weight excluding hydrogens is 361 g/mol. The van der Waals surface area contributed by atoms with Gasteiger partial charge in [-0.05, 0) is 47.9 Å². The van der Waals surface area contributed by atoms with Gasteiger partial charge in [-0.2, -0.15) is 13.2 Å². The van der Waals surface area contributed by atoms with Crippen molar-refractivity contribution in [2.45, 2.75) is 25.6 Å². The Morgan fingerprint density at radius 2 is 1.85 bits per heavy atom. The van der Waals surface area contributed by atoms with Crippen molar-refractivity contribution in [3.63, 3.8) is 0 Å². The predicted octanol–water partition coefficient (Wildman–Crippen LogP) is 3.90. The standard InChI is InChI=1S/C19H17F3N2O3/c20-19(21,22)11-27-10-12-1-3-13(4-2-12)18(26)23-15-6-7-16-14(9-15)5-8-17(25)24-16/h1-4,6-7,9H,5,8,10-11H2,(H,23,26)(H,24,25). The highest BCUT2D eigenvalue weighted by Gasteiger charge is 2.27. The molecule has 0 saturated heterocycles. The minimum atomic E-state index is -4.36. The first-order valence-corrected chi connectivity index (χ1v) is 8.28. The number of fused-ring (bicyclic) bond motifs is 1. The van der Waals surface area contributed by atoms with E-state index < -0.39 is 12.8 Å².